The van der Waals surface area contributed by atoms with Crippen LogP contribution in [0.4, 0.5) is 0 Å². The molecule has 0 saturated heterocycles. The molecule has 0 heterocycles. The number of methoxy groups -OCH3 is 1. The zero-order valence-corrected chi connectivity index (χ0v) is 13.0. The first kappa shape index (κ1) is 15.0. The van der Waals surface area contributed by atoms with Crippen molar-refractivity contribution < 1.29 is 9.53 Å². The zero-order valence-electron chi connectivity index (χ0n) is 13.0. The van der Waals surface area contributed by atoms with E-state index in [0.717, 1.165) is 29.5 Å². The van der Waals surface area contributed by atoms with Crippen molar-refractivity contribution in [2.24, 2.45) is 0 Å². The van der Waals surface area contributed by atoms with Crippen LogP contribution in [0, 0.1) is 13.8 Å². The number of carbonyl (C=O) groups is 1. The van der Waals surface area contributed by atoms with Gasteiger partial charge >= 0.3 is 5.97 Å². The first-order valence-corrected chi connectivity index (χ1v) is 7.41. The maximum Gasteiger partial charge on any atom is 0.330 e. The molecular formula is C17H25NO2. The summed E-state index contributed by atoms with van der Waals surface area (Å²) in [6.07, 6.45) is 4.75. The van der Waals surface area contributed by atoms with Gasteiger partial charge in [0.2, 0.25) is 0 Å². The molecule has 20 heavy (non-hydrogen) atoms. The molecule has 3 nitrogen and oxygen atoms in total. The van der Waals surface area contributed by atoms with Gasteiger partial charge in [-0.3, -0.25) is 5.32 Å². The molecule has 110 valence electrons. The van der Waals surface area contributed by atoms with Gasteiger partial charge in [0.25, 0.3) is 0 Å². The van der Waals surface area contributed by atoms with Crippen LogP contribution in [0.1, 0.15) is 49.3 Å². The van der Waals surface area contributed by atoms with Gasteiger partial charge in [-0.05, 0) is 44.7 Å². The molecule has 1 aliphatic carbocycles. The standard InChI is InChI=1S/C17H25NO2/c1-12-9-10-13(2)15(11-12)17(3,16(19)20-4)18-14-7-5-6-8-14/h9-11,14,18H,5-8H2,1-4H3. The Labute approximate surface area is 121 Å². The Kier molecular flexibility index (Phi) is 4.48. The highest BCUT2D eigenvalue weighted by Gasteiger charge is 2.39. The van der Waals surface area contributed by atoms with E-state index in [2.05, 4.69) is 30.4 Å². The summed E-state index contributed by atoms with van der Waals surface area (Å²) in [4.78, 5) is 12.4. The lowest BCUT2D eigenvalue weighted by Crippen LogP contribution is -2.51. The van der Waals surface area contributed by atoms with Crippen LogP contribution in [-0.4, -0.2) is 19.1 Å². The number of rotatable bonds is 4. The minimum Gasteiger partial charge on any atom is -0.467 e. The van der Waals surface area contributed by atoms with Gasteiger partial charge in [-0.1, -0.05) is 36.6 Å². The van der Waals surface area contributed by atoms with E-state index in [4.69, 9.17) is 4.74 Å². The van der Waals surface area contributed by atoms with E-state index in [1.165, 1.54) is 20.0 Å². The van der Waals surface area contributed by atoms with Crippen LogP contribution in [0.5, 0.6) is 0 Å². The summed E-state index contributed by atoms with van der Waals surface area (Å²) in [5.74, 6) is -0.210. The smallest absolute Gasteiger partial charge is 0.330 e. The second kappa shape index (κ2) is 5.96. The van der Waals surface area contributed by atoms with Crippen molar-refractivity contribution in [2.45, 2.75) is 58.0 Å². The summed E-state index contributed by atoms with van der Waals surface area (Å²) in [7, 11) is 1.46. The van der Waals surface area contributed by atoms with Crippen molar-refractivity contribution >= 4 is 5.97 Å². The lowest BCUT2D eigenvalue weighted by molar-refractivity contribution is -0.148. The van der Waals surface area contributed by atoms with Crippen molar-refractivity contribution in [3.63, 3.8) is 0 Å². The molecule has 1 atom stereocenters. The first-order chi connectivity index (χ1) is 9.47. The van der Waals surface area contributed by atoms with E-state index in [1.54, 1.807) is 0 Å². The minimum atomic E-state index is -0.764. The highest BCUT2D eigenvalue weighted by atomic mass is 16.5. The number of nitrogens with one attached hydrogen (secondary N) is 1. The Morgan fingerprint density at radius 2 is 1.95 bits per heavy atom. The van der Waals surface area contributed by atoms with Gasteiger partial charge in [0.15, 0.2) is 0 Å². The normalized spacial score (nSPS) is 18.8. The van der Waals surface area contributed by atoms with Gasteiger partial charge in [0.05, 0.1) is 7.11 Å². The predicted molar refractivity (Wildman–Crippen MR) is 80.7 cm³/mol. The Bertz CT molecular complexity index is 492. The third kappa shape index (κ3) is 2.88. The third-order valence-electron chi connectivity index (χ3n) is 4.37. The van der Waals surface area contributed by atoms with Crippen LogP contribution in [0.2, 0.25) is 0 Å². The van der Waals surface area contributed by atoms with E-state index in [-0.39, 0.29) is 5.97 Å². The predicted octanol–water partition coefficient (Wildman–Crippen LogP) is 3.22. The molecule has 1 aliphatic rings. The minimum absolute atomic E-state index is 0.210. The van der Waals surface area contributed by atoms with Crippen molar-refractivity contribution in [3.05, 3.63) is 34.9 Å². The van der Waals surface area contributed by atoms with Crippen LogP contribution < -0.4 is 5.32 Å². The zero-order chi connectivity index (χ0) is 14.8. The van der Waals surface area contributed by atoms with Crippen molar-refractivity contribution in [1.29, 1.82) is 0 Å². The number of ether oxygens (including phenoxy) is 1. The Hall–Kier alpha value is -1.35. The molecule has 1 unspecified atom stereocenters. The van der Waals surface area contributed by atoms with E-state index in [0.29, 0.717) is 6.04 Å². The second-order valence-corrected chi connectivity index (χ2v) is 6.06. The number of carbonyl (C=O) groups excluding carboxylic acids is 1. The fraction of sp³-hybridized carbons (Fsp3) is 0.588. The molecular weight excluding hydrogens is 250 g/mol. The molecule has 0 aromatic heterocycles. The number of hydrogen-bond donors (Lipinski definition) is 1. The van der Waals surface area contributed by atoms with Crippen LogP contribution in [0.25, 0.3) is 0 Å². The fourth-order valence-corrected chi connectivity index (χ4v) is 3.20. The Morgan fingerprint density at radius 1 is 1.30 bits per heavy atom. The molecule has 1 fully saturated rings. The van der Waals surface area contributed by atoms with E-state index < -0.39 is 5.54 Å². The van der Waals surface area contributed by atoms with Gasteiger partial charge in [-0.15, -0.1) is 0 Å². The number of hydrogen-bond acceptors (Lipinski definition) is 3. The molecule has 0 amide bonds. The molecule has 0 radical (unpaired) electrons. The third-order valence-corrected chi connectivity index (χ3v) is 4.37. The molecule has 0 spiro atoms. The summed E-state index contributed by atoms with van der Waals surface area (Å²) < 4.78 is 5.07. The average Bonchev–Trinajstić information content (AvgIpc) is 2.93. The van der Waals surface area contributed by atoms with Crippen molar-refractivity contribution in [3.8, 4) is 0 Å². The molecule has 2 rings (SSSR count). The van der Waals surface area contributed by atoms with Gasteiger partial charge in [-0.25, -0.2) is 4.79 Å². The Balaban J connectivity index is 2.39. The summed E-state index contributed by atoms with van der Waals surface area (Å²) in [5.41, 5.74) is 2.54. The van der Waals surface area contributed by atoms with E-state index >= 15 is 0 Å². The molecule has 1 N–H and O–H groups in total. The number of esters is 1. The molecule has 0 aliphatic heterocycles. The van der Waals surface area contributed by atoms with Gasteiger partial charge in [0, 0.05) is 6.04 Å². The lowest BCUT2D eigenvalue weighted by atomic mass is 9.86. The summed E-state index contributed by atoms with van der Waals surface area (Å²) >= 11 is 0. The largest absolute Gasteiger partial charge is 0.467 e. The fourth-order valence-electron chi connectivity index (χ4n) is 3.20. The highest BCUT2D eigenvalue weighted by Crippen LogP contribution is 2.30. The highest BCUT2D eigenvalue weighted by molar-refractivity contribution is 5.82. The SMILES string of the molecule is COC(=O)C(C)(NC1CCCC1)c1cc(C)ccc1C. The molecule has 1 aromatic rings. The van der Waals surface area contributed by atoms with Gasteiger partial charge in [-0.2, -0.15) is 0 Å². The van der Waals surface area contributed by atoms with Gasteiger partial charge in [0.1, 0.15) is 5.54 Å². The number of aryl methyl sites for hydroxylation is 2. The maximum absolute atomic E-state index is 12.4. The second-order valence-electron chi connectivity index (χ2n) is 6.06. The summed E-state index contributed by atoms with van der Waals surface area (Å²) in [5, 5.41) is 3.55. The maximum atomic E-state index is 12.4. The molecule has 1 saturated carbocycles. The van der Waals surface area contributed by atoms with Crippen LogP contribution in [0.15, 0.2) is 18.2 Å². The van der Waals surface area contributed by atoms with Crippen LogP contribution >= 0.6 is 0 Å². The Morgan fingerprint density at radius 3 is 2.55 bits per heavy atom. The summed E-state index contributed by atoms with van der Waals surface area (Å²) in [6.45, 7) is 6.04. The van der Waals surface area contributed by atoms with E-state index in [9.17, 15) is 4.79 Å². The molecule has 1 aromatic carbocycles. The van der Waals surface area contributed by atoms with Gasteiger partial charge < -0.3 is 4.74 Å². The van der Waals surface area contributed by atoms with Crippen LogP contribution in [-0.2, 0) is 15.1 Å². The first-order valence-electron chi connectivity index (χ1n) is 7.41. The monoisotopic (exact) mass is 275 g/mol. The topological polar surface area (TPSA) is 38.3 Å². The van der Waals surface area contributed by atoms with Crippen LogP contribution in [0.3, 0.4) is 0 Å². The number of benzene rings is 1. The van der Waals surface area contributed by atoms with E-state index in [1.807, 2.05) is 13.8 Å². The quantitative estimate of drug-likeness (QED) is 0.857. The average molecular weight is 275 g/mol. The van der Waals surface area contributed by atoms with Crippen molar-refractivity contribution in [1.82, 2.24) is 5.32 Å². The molecule has 0 bridgehead atoms. The lowest BCUT2D eigenvalue weighted by Gasteiger charge is -2.33. The summed E-state index contributed by atoms with van der Waals surface area (Å²) in [6, 6.07) is 6.64. The molecule has 3 heteroatoms. The van der Waals surface area contributed by atoms with Crippen molar-refractivity contribution in [2.75, 3.05) is 7.11 Å².